The standard InChI is InChI=1S/C17H22N2O3S/c1-13-18-12-17(22-13)14-8-10-16(11-9-14)23(20,21)19-15-6-4-2-3-5-7-15/h8-12,15,19H,2-7H2,1H3. The monoisotopic (exact) mass is 334 g/mol. The summed E-state index contributed by atoms with van der Waals surface area (Å²) in [6.45, 7) is 1.78. The van der Waals surface area contributed by atoms with Crippen LogP contribution in [0.3, 0.4) is 0 Å². The van der Waals surface area contributed by atoms with Crippen molar-refractivity contribution < 1.29 is 12.8 Å². The number of oxazole rings is 1. The molecule has 0 unspecified atom stereocenters. The van der Waals surface area contributed by atoms with Crippen LogP contribution < -0.4 is 4.72 Å². The number of nitrogens with zero attached hydrogens (tertiary/aromatic N) is 1. The van der Waals surface area contributed by atoms with Gasteiger partial charge in [0.2, 0.25) is 10.0 Å². The Morgan fingerprint density at radius 3 is 2.30 bits per heavy atom. The molecule has 0 aliphatic heterocycles. The molecular weight excluding hydrogens is 312 g/mol. The van der Waals surface area contributed by atoms with Gasteiger partial charge in [-0.2, -0.15) is 0 Å². The molecule has 6 heteroatoms. The molecule has 0 saturated heterocycles. The molecule has 0 atom stereocenters. The van der Waals surface area contributed by atoms with Gasteiger partial charge in [0.15, 0.2) is 11.7 Å². The average molecular weight is 334 g/mol. The fourth-order valence-corrected chi connectivity index (χ4v) is 4.28. The topological polar surface area (TPSA) is 72.2 Å². The van der Waals surface area contributed by atoms with Crippen molar-refractivity contribution in [1.29, 1.82) is 0 Å². The molecule has 2 aromatic rings. The highest BCUT2D eigenvalue weighted by Gasteiger charge is 2.21. The van der Waals surface area contributed by atoms with Gasteiger partial charge in [0.1, 0.15) is 0 Å². The Bertz CT molecular complexity index is 742. The summed E-state index contributed by atoms with van der Waals surface area (Å²) in [6.07, 6.45) is 8.08. The van der Waals surface area contributed by atoms with E-state index in [4.69, 9.17) is 4.42 Å². The van der Waals surface area contributed by atoms with Crippen molar-refractivity contribution in [3.8, 4) is 11.3 Å². The predicted octanol–water partition coefficient (Wildman–Crippen LogP) is 3.65. The van der Waals surface area contributed by atoms with Gasteiger partial charge in [-0.1, -0.05) is 25.7 Å². The fourth-order valence-electron chi connectivity index (χ4n) is 2.98. The molecule has 0 spiro atoms. The zero-order valence-electron chi connectivity index (χ0n) is 13.3. The first-order valence-electron chi connectivity index (χ1n) is 8.10. The number of benzene rings is 1. The van der Waals surface area contributed by atoms with E-state index in [1.165, 1.54) is 12.8 Å². The van der Waals surface area contributed by atoms with Crippen LogP contribution in [0, 0.1) is 6.92 Å². The van der Waals surface area contributed by atoms with E-state index in [0.29, 0.717) is 16.5 Å². The average Bonchev–Trinajstić information content (AvgIpc) is 2.81. The van der Waals surface area contributed by atoms with Crippen molar-refractivity contribution in [2.45, 2.75) is 56.4 Å². The van der Waals surface area contributed by atoms with Crippen molar-refractivity contribution in [3.63, 3.8) is 0 Å². The third-order valence-corrected chi connectivity index (χ3v) is 5.78. The summed E-state index contributed by atoms with van der Waals surface area (Å²) >= 11 is 0. The van der Waals surface area contributed by atoms with Crippen LogP contribution in [0.15, 0.2) is 39.8 Å². The lowest BCUT2D eigenvalue weighted by molar-refractivity contribution is 0.510. The lowest BCUT2D eigenvalue weighted by Crippen LogP contribution is -2.34. The van der Waals surface area contributed by atoms with Crippen molar-refractivity contribution in [2.75, 3.05) is 0 Å². The number of hydrogen-bond acceptors (Lipinski definition) is 4. The smallest absolute Gasteiger partial charge is 0.240 e. The minimum Gasteiger partial charge on any atom is -0.441 e. The third-order valence-electron chi connectivity index (χ3n) is 4.25. The molecule has 0 radical (unpaired) electrons. The SMILES string of the molecule is Cc1ncc(-c2ccc(S(=O)(=O)NC3CCCCCC3)cc2)o1. The van der Waals surface area contributed by atoms with Crippen LogP contribution in [0.1, 0.15) is 44.4 Å². The van der Waals surface area contributed by atoms with Gasteiger partial charge in [-0.15, -0.1) is 0 Å². The van der Waals surface area contributed by atoms with Crippen LogP contribution in [-0.2, 0) is 10.0 Å². The summed E-state index contributed by atoms with van der Waals surface area (Å²) in [6, 6.07) is 6.79. The third kappa shape index (κ3) is 4.00. The second kappa shape index (κ2) is 6.84. The second-order valence-electron chi connectivity index (χ2n) is 6.08. The molecule has 0 amide bonds. The Balaban J connectivity index is 1.74. The zero-order chi connectivity index (χ0) is 16.3. The van der Waals surface area contributed by atoms with Gasteiger partial charge in [-0.3, -0.25) is 0 Å². The van der Waals surface area contributed by atoms with Gasteiger partial charge in [0.25, 0.3) is 0 Å². The minimum absolute atomic E-state index is 0.0547. The quantitative estimate of drug-likeness (QED) is 0.866. The van der Waals surface area contributed by atoms with Crippen LogP contribution in [0.4, 0.5) is 0 Å². The van der Waals surface area contributed by atoms with E-state index in [9.17, 15) is 8.42 Å². The van der Waals surface area contributed by atoms with Gasteiger partial charge in [-0.05, 0) is 37.1 Å². The molecular formula is C17H22N2O3S. The molecule has 1 saturated carbocycles. The Hall–Kier alpha value is -1.66. The summed E-state index contributed by atoms with van der Waals surface area (Å²) in [5.74, 6) is 1.23. The van der Waals surface area contributed by atoms with Crippen LogP contribution in [0.25, 0.3) is 11.3 Å². The van der Waals surface area contributed by atoms with Crippen molar-refractivity contribution in [3.05, 3.63) is 36.4 Å². The summed E-state index contributed by atoms with van der Waals surface area (Å²) in [7, 11) is -3.47. The molecule has 1 fully saturated rings. The molecule has 23 heavy (non-hydrogen) atoms. The Labute approximate surface area is 137 Å². The van der Waals surface area contributed by atoms with Crippen LogP contribution in [-0.4, -0.2) is 19.4 Å². The summed E-state index contributed by atoms with van der Waals surface area (Å²) in [5.41, 5.74) is 0.819. The summed E-state index contributed by atoms with van der Waals surface area (Å²) < 4.78 is 33.3. The Morgan fingerprint density at radius 1 is 1.09 bits per heavy atom. The van der Waals surface area contributed by atoms with Crippen molar-refractivity contribution >= 4 is 10.0 Å². The second-order valence-corrected chi connectivity index (χ2v) is 7.79. The summed E-state index contributed by atoms with van der Waals surface area (Å²) in [5, 5.41) is 0. The number of rotatable bonds is 4. The van der Waals surface area contributed by atoms with E-state index in [1.54, 1.807) is 37.4 Å². The Kier molecular flexibility index (Phi) is 4.82. The highest BCUT2D eigenvalue weighted by atomic mass is 32.2. The highest BCUT2D eigenvalue weighted by molar-refractivity contribution is 7.89. The fraction of sp³-hybridized carbons (Fsp3) is 0.471. The molecule has 1 aliphatic carbocycles. The lowest BCUT2D eigenvalue weighted by Gasteiger charge is -2.16. The first-order valence-corrected chi connectivity index (χ1v) is 9.58. The predicted molar refractivity (Wildman–Crippen MR) is 88.5 cm³/mol. The van der Waals surface area contributed by atoms with E-state index >= 15 is 0 Å². The van der Waals surface area contributed by atoms with Crippen molar-refractivity contribution in [2.24, 2.45) is 0 Å². The number of aryl methyl sites for hydroxylation is 1. The summed E-state index contributed by atoms with van der Waals surface area (Å²) in [4.78, 5) is 4.35. The van der Waals surface area contributed by atoms with Gasteiger partial charge in [0.05, 0.1) is 11.1 Å². The molecule has 5 nitrogen and oxygen atoms in total. The number of sulfonamides is 1. The molecule has 1 aromatic heterocycles. The Morgan fingerprint density at radius 2 is 1.74 bits per heavy atom. The van der Waals surface area contributed by atoms with Crippen LogP contribution in [0.2, 0.25) is 0 Å². The minimum atomic E-state index is -3.47. The first-order chi connectivity index (χ1) is 11.0. The van der Waals surface area contributed by atoms with Gasteiger partial charge in [0, 0.05) is 18.5 Å². The van der Waals surface area contributed by atoms with E-state index in [2.05, 4.69) is 9.71 Å². The first kappa shape index (κ1) is 16.2. The molecule has 124 valence electrons. The number of aromatic nitrogens is 1. The number of nitrogens with one attached hydrogen (secondary N) is 1. The molecule has 1 aromatic carbocycles. The van der Waals surface area contributed by atoms with Gasteiger partial charge >= 0.3 is 0 Å². The van der Waals surface area contributed by atoms with E-state index < -0.39 is 10.0 Å². The number of hydrogen-bond donors (Lipinski definition) is 1. The molecule has 3 rings (SSSR count). The maximum Gasteiger partial charge on any atom is 0.240 e. The van der Waals surface area contributed by atoms with Crippen molar-refractivity contribution in [1.82, 2.24) is 9.71 Å². The highest BCUT2D eigenvalue weighted by Crippen LogP contribution is 2.23. The maximum atomic E-state index is 12.5. The lowest BCUT2D eigenvalue weighted by atomic mass is 10.1. The maximum absolute atomic E-state index is 12.5. The molecule has 1 N–H and O–H groups in total. The van der Waals surface area contributed by atoms with Gasteiger partial charge in [-0.25, -0.2) is 18.1 Å². The van der Waals surface area contributed by atoms with E-state index in [1.807, 2.05) is 0 Å². The molecule has 1 aliphatic rings. The molecule has 0 bridgehead atoms. The van der Waals surface area contributed by atoms with Crippen LogP contribution >= 0.6 is 0 Å². The van der Waals surface area contributed by atoms with Crippen LogP contribution in [0.5, 0.6) is 0 Å². The van der Waals surface area contributed by atoms with Gasteiger partial charge < -0.3 is 4.42 Å². The van der Waals surface area contributed by atoms with E-state index in [0.717, 1.165) is 31.2 Å². The van der Waals surface area contributed by atoms with E-state index in [-0.39, 0.29) is 6.04 Å². The molecule has 1 heterocycles. The normalized spacial score (nSPS) is 17.1. The largest absolute Gasteiger partial charge is 0.441 e. The zero-order valence-corrected chi connectivity index (χ0v) is 14.1.